The Kier molecular flexibility index (Phi) is 5.55. The van der Waals surface area contributed by atoms with Gasteiger partial charge in [0.15, 0.2) is 0 Å². The van der Waals surface area contributed by atoms with Crippen LogP contribution >= 0.6 is 11.6 Å². The standard InChI is InChI=1S/C17H18ClN3O/c1-12-6-3-4-9-16(12)20-13(2)17(22)21-19-11-14-7-5-8-15(18)10-14/h3-11,13,20H,1-2H3,(H,21,22). The number of amides is 1. The minimum Gasteiger partial charge on any atom is -0.374 e. The summed E-state index contributed by atoms with van der Waals surface area (Å²) in [4.78, 5) is 12.0. The summed E-state index contributed by atoms with van der Waals surface area (Å²) >= 11 is 5.88. The summed E-state index contributed by atoms with van der Waals surface area (Å²) in [5, 5.41) is 7.73. The molecule has 1 atom stereocenters. The lowest BCUT2D eigenvalue weighted by molar-refractivity contribution is -0.121. The smallest absolute Gasteiger partial charge is 0.262 e. The maximum absolute atomic E-state index is 12.0. The fourth-order valence-corrected chi connectivity index (χ4v) is 2.09. The van der Waals surface area contributed by atoms with E-state index in [9.17, 15) is 4.79 Å². The molecule has 1 unspecified atom stereocenters. The molecule has 2 N–H and O–H groups in total. The van der Waals surface area contributed by atoms with Crippen LogP contribution in [0.2, 0.25) is 5.02 Å². The van der Waals surface area contributed by atoms with Crippen LogP contribution in [-0.4, -0.2) is 18.2 Å². The maximum Gasteiger partial charge on any atom is 0.262 e. The Balaban J connectivity index is 1.90. The number of nitrogens with zero attached hydrogens (tertiary/aromatic N) is 1. The summed E-state index contributed by atoms with van der Waals surface area (Å²) in [5.74, 6) is -0.207. The van der Waals surface area contributed by atoms with Crippen molar-refractivity contribution in [2.45, 2.75) is 19.9 Å². The SMILES string of the molecule is Cc1ccccc1NC(C)C(=O)NN=Cc1cccc(Cl)c1. The number of nitrogens with one attached hydrogen (secondary N) is 2. The van der Waals surface area contributed by atoms with E-state index in [0.717, 1.165) is 16.8 Å². The van der Waals surface area contributed by atoms with Crippen LogP contribution in [0, 0.1) is 6.92 Å². The third-order valence-electron chi connectivity index (χ3n) is 3.15. The molecule has 0 saturated heterocycles. The molecule has 0 radical (unpaired) electrons. The minimum atomic E-state index is -0.391. The number of hydrogen-bond acceptors (Lipinski definition) is 3. The van der Waals surface area contributed by atoms with E-state index in [4.69, 9.17) is 11.6 Å². The fraction of sp³-hybridized carbons (Fsp3) is 0.176. The van der Waals surface area contributed by atoms with Gasteiger partial charge in [0.2, 0.25) is 0 Å². The molecule has 2 aromatic carbocycles. The Bertz CT molecular complexity index is 685. The molecule has 2 aromatic rings. The van der Waals surface area contributed by atoms with Crippen molar-refractivity contribution in [1.29, 1.82) is 0 Å². The van der Waals surface area contributed by atoms with Gasteiger partial charge in [0.05, 0.1) is 6.21 Å². The molecule has 0 aliphatic heterocycles. The predicted octanol–water partition coefficient (Wildman–Crippen LogP) is 3.60. The van der Waals surface area contributed by atoms with Crippen molar-refractivity contribution in [1.82, 2.24) is 5.43 Å². The van der Waals surface area contributed by atoms with E-state index in [2.05, 4.69) is 15.8 Å². The lowest BCUT2D eigenvalue weighted by Crippen LogP contribution is -2.35. The minimum absolute atomic E-state index is 0.207. The third-order valence-corrected chi connectivity index (χ3v) is 3.38. The molecular weight excluding hydrogens is 298 g/mol. The van der Waals surface area contributed by atoms with Gasteiger partial charge in [-0.1, -0.05) is 41.9 Å². The number of rotatable bonds is 5. The molecule has 0 fully saturated rings. The average molecular weight is 316 g/mol. The zero-order valence-electron chi connectivity index (χ0n) is 12.5. The van der Waals surface area contributed by atoms with E-state index < -0.39 is 6.04 Å². The number of anilines is 1. The second kappa shape index (κ2) is 7.61. The van der Waals surface area contributed by atoms with Crippen molar-refractivity contribution in [2.24, 2.45) is 5.10 Å². The quantitative estimate of drug-likeness (QED) is 0.654. The van der Waals surface area contributed by atoms with Crippen LogP contribution in [0.15, 0.2) is 53.6 Å². The number of carbonyl (C=O) groups excluding carboxylic acids is 1. The first-order valence-electron chi connectivity index (χ1n) is 6.97. The zero-order chi connectivity index (χ0) is 15.9. The molecule has 0 saturated carbocycles. The Labute approximate surface area is 135 Å². The van der Waals surface area contributed by atoms with Crippen LogP contribution in [0.4, 0.5) is 5.69 Å². The molecular formula is C17H18ClN3O. The molecule has 0 aliphatic carbocycles. The molecule has 2 rings (SSSR count). The van der Waals surface area contributed by atoms with Crippen LogP contribution in [0.5, 0.6) is 0 Å². The summed E-state index contributed by atoms with van der Waals surface area (Å²) in [6.07, 6.45) is 1.56. The first kappa shape index (κ1) is 16.0. The molecule has 0 aliphatic rings. The van der Waals surface area contributed by atoms with E-state index in [0.29, 0.717) is 5.02 Å². The summed E-state index contributed by atoms with van der Waals surface area (Å²) < 4.78 is 0. The molecule has 22 heavy (non-hydrogen) atoms. The molecule has 114 valence electrons. The summed E-state index contributed by atoms with van der Waals surface area (Å²) in [7, 11) is 0. The maximum atomic E-state index is 12.0. The summed E-state index contributed by atoms with van der Waals surface area (Å²) in [6, 6.07) is 14.7. The number of benzene rings is 2. The lowest BCUT2D eigenvalue weighted by Gasteiger charge is -2.15. The van der Waals surface area contributed by atoms with Gasteiger partial charge in [0, 0.05) is 10.7 Å². The number of hydrazone groups is 1. The largest absolute Gasteiger partial charge is 0.374 e. The Morgan fingerprint density at radius 3 is 2.73 bits per heavy atom. The Hall–Kier alpha value is -2.33. The molecule has 5 heteroatoms. The van der Waals surface area contributed by atoms with Gasteiger partial charge in [-0.05, 0) is 43.2 Å². The van der Waals surface area contributed by atoms with E-state index in [1.807, 2.05) is 43.3 Å². The van der Waals surface area contributed by atoms with E-state index in [-0.39, 0.29) is 5.91 Å². The number of aryl methyl sites for hydroxylation is 1. The van der Waals surface area contributed by atoms with Crippen LogP contribution in [-0.2, 0) is 4.79 Å². The zero-order valence-corrected chi connectivity index (χ0v) is 13.3. The fourth-order valence-electron chi connectivity index (χ4n) is 1.89. The van der Waals surface area contributed by atoms with Crippen LogP contribution in [0.25, 0.3) is 0 Å². The van der Waals surface area contributed by atoms with Gasteiger partial charge in [-0.3, -0.25) is 4.79 Å². The van der Waals surface area contributed by atoms with Gasteiger partial charge in [0.25, 0.3) is 5.91 Å². The second-order valence-corrected chi connectivity index (χ2v) is 5.41. The van der Waals surface area contributed by atoms with Gasteiger partial charge in [0.1, 0.15) is 6.04 Å². The van der Waals surface area contributed by atoms with Gasteiger partial charge >= 0.3 is 0 Å². The van der Waals surface area contributed by atoms with Gasteiger partial charge in [-0.25, -0.2) is 5.43 Å². The molecule has 0 heterocycles. The molecule has 0 bridgehead atoms. The monoisotopic (exact) mass is 315 g/mol. The second-order valence-electron chi connectivity index (χ2n) is 4.97. The van der Waals surface area contributed by atoms with E-state index in [1.54, 1.807) is 25.3 Å². The van der Waals surface area contributed by atoms with Crippen molar-refractivity contribution >= 4 is 29.4 Å². The highest BCUT2D eigenvalue weighted by molar-refractivity contribution is 6.30. The highest BCUT2D eigenvalue weighted by Crippen LogP contribution is 2.14. The topological polar surface area (TPSA) is 53.5 Å². The van der Waals surface area contributed by atoms with Gasteiger partial charge in [-0.2, -0.15) is 5.10 Å². The van der Waals surface area contributed by atoms with Crippen molar-refractivity contribution in [3.63, 3.8) is 0 Å². The van der Waals surface area contributed by atoms with Crippen molar-refractivity contribution < 1.29 is 4.79 Å². The van der Waals surface area contributed by atoms with E-state index >= 15 is 0 Å². The van der Waals surface area contributed by atoms with Gasteiger partial charge < -0.3 is 5.32 Å². The first-order chi connectivity index (χ1) is 10.6. The van der Waals surface area contributed by atoms with Gasteiger partial charge in [-0.15, -0.1) is 0 Å². The number of para-hydroxylation sites is 1. The normalized spacial score (nSPS) is 12.1. The van der Waals surface area contributed by atoms with Crippen molar-refractivity contribution in [3.05, 3.63) is 64.7 Å². The van der Waals surface area contributed by atoms with Crippen LogP contribution < -0.4 is 10.7 Å². The molecule has 0 aromatic heterocycles. The lowest BCUT2D eigenvalue weighted by atomic mass is 10.2. The van der Waals surface area contributed by atoms with Crippen molar-refractivity contribution in [2.75, 3.05) is 5.32 Å². The van der Waals surface area contributed by atoms with E-state index in [1.165, 1.54) is 0 Å². The number of hydrogen-bond donors (Lipinski definition) is 2. The Morgan fingerprint density at radius 2 is 2.00 bits per heavy atom. The Morgan fingerprint density at radius 1 is 1.23 bits per heavy atom. The highest BCUT2D eigenvalue weighted by atomic mass is 35.5. The highest BCUT2D eigenvalue weighted by Gasteiger charge is 2.12. The first-order valence-corrected chi connectivity index (χ1v) is 7.34. The molecule has 1 amide bonds. The number of halogens is 1. The van der Waals surface area contributed by atoms with Crippen molar-refractivity contribution in [3.8, 4) is 0 Å². The summed E-state index contributed by atoms with van der Waals surface area (Å²) in [6.45, 7) is 3.78. The summed E-state index contributed by atoms with van der Waals surface area (Å²) in [5.41, 5.74) is 5.36. The number of carbonyl (C=O) groups is 1. The predicted molar refractivity (Wildman–Crippen MR) is 91.5 cm³/mol. The van der Waals surface area contributed by atoms with Crippen LogP contribution in [0.3, 0.4) is 0 Å². The molecule has 0 spiro atoms. The average Bonchev–Trinajstić information content (AvgIpc) is 2.49. The van der Waals surface area contributed by atoms with Crippen LogP contribution in [0.1, 0.15) is 18.1 Å². The third kappa shape index (κ3) is 4.60. The molecule has 4 nitrogen and oxygen atoms in total.